The van der Waals surface area contributed by atoms with E-state index in [1.807, 2.05) is 66.7 Å². The number of carbonyl (C=O) groups excluding carboxylic acids is 2. The zero-order valence-electron chi connectivity index (χ0n) is 19.7. The SMILES string of the molecule is Cc1cc(C)cc(N(C(=O)c2sc(C)nc2C)[C@@H](C(=O)NC(C)(C)C)c2ccncc2)c1. The molecule has 0 bridgehead atoms. The molecule has 32 heavy (non-hydrogen) atoms. The van der Waals surface area contributed by atoms with E-state index in [1.54, 1.807) is 29.4 Å². The van der Waals surface area contributed by atoms with Gasteiger partial charge in [-0.25, -0.2) is 4.98 Å². The highest BCUT2D eigenvalue weighted by Crippen LogP contribution is 2.33. The summed E-state index contributed by atoms with van der Waals surface area (Å²) in [6.07, 6.45) is 3.28. The molecule has 0 fully saturated rings. The van der Waals surface area contributed by atoms with Crippen LogP contribution in [0.15, 0.2) is 42.7 Å². The minimum absolute atomic E-state index is 0.246. The van der Waals surface area contributed by atoms with Crippen LogP contribution in [0.5, 0.6) is 0 Å². The molecule has 1 N–H and O–H groups in total. The predicted molar refractivity (Wildman–Crippen MR) is 129 cm³/mol. The second-order valence-electron chi connectivity index (χ2n) is 9.09. The summed E-state index contributed by atoms with van der Waals surface area (Å²) in [7, 11) is 0. The molecule has 3 rings (SSSR count). The smallest absolute Gasteiger partial charge is 0.271 e. The third-order valence-electron chi connectivity index (χ3n) is 4.83. The number of hydrogen-bond acceptors (Lipinski definition) is 5. The number of anilines is 1. The Morgan fingerprint density at radius 1 is 1.00 bits per heavy atom. The maximum atomic E-state index is 14.0. The molecule has 0 unspecified atom stereocenters. The van der Waals surface area contributed by atoms with Gasteiger partial charge in [-0.05, 0) is 89.4 Å². The third kappa shape index (κ3) is 5.40. The van der Waals surface area contributed by atoms with Crippen molar-refractivity contribution in [2.45, 2.75) is 60.0 Å². The van der Waals surface area contributed by atoms with Gasteiger partial charge < -0.3 is 5.32 Å². The van der Waals surface area contributed by atoms with E-state index >= 15 is 0 Å². The van der Waals surface area contributed by atoms with Gasteiger partial charge in [-0.1, -0.05) is 6.07 Å². The van der Waals surface area contributed by atoms with E-state index in [-0.39, 0.29) is 11.8 Å². The Morgan fingerprint density at radius 3 is 2.09 bits per heavy atom. The summed E-state index contributed by atoms with van der Waals surface area (Å²) in [5.74, 6) is -0.501. The van der Waals surface area contributed by atoms with Crippen LogP contribution in [0.3, 0.4) is 0 Å². The summed E-state index contributed by atoms with van der Waals surface area (Å²) in [4.78, 5) is 38.3. The number of thiazole rings is 1. The molecule has 2 amide bonds. The van der Waals surface area contributed by atoms with Crippen molar-refractivity contribution in [3.63, 3.8) is 0 Å². The molecule has 0 aliphatic heterocycles. The lowest BCUT2D eigenvalue weighted by Gasteiger charge is -2.34. The molecule has 0 radical (unpaired) electrons. The molecular weight excluding hydrogens is 420 g/mol. The number of aryl methyl sites for hydroxylation is 4. The molecule has 0 aliphatic carbocycles. The predicted octanol–water partition coefficient (Wildman–Crippen LogP) is 5.07. The van der Waals surface area contributed by atoms with Crippen molar-refractivity contribution in [1.29, 1.82) is 0 Å². The van der Waals surface area contributed by atoms with E-state index in [1.165, 1.54) is 11.3 Å². The fraction of sp³-hybridized carbons (Fsp3) is 0.360. The molecule has 0 saturated carbocycles. The minimum Gasteiger partial charge on any atom is -0.349 e. The summed E-state index contributed by atoms with van der Waals surface area (Å²) >= 11 is 1.34. The average molecular weight is 451 g/mol. The number of nitrogens with zero attached hydrogens (tertiary/aromatic N) is 3. The highest BCUT2D eigenvalue weighted by Gasteiger charge is 2.36. The van der Waals surface area contributed by atoms with Crippen molar-refractivity contribution >= 4 is 28.8 Å². The zero-order valence-corrected chi connectivity index (χ0v) is 20.5. The number of amides is 2. The van der Waals surface area contributed by atoms with E-state index in [9.17, 15) is 9.59 Å². The molecule has 7 heteroatoms. The Balaban J connectivity index is 2.24. The van der Waals surface area contributed by atoms with E-state index in [0.29, 0.717) is 21.8 Å². The van der Waals surface area contributed by atoms with Crippen molar-refractivity contribution in [3.8, 4) is 0 Å². The first-order chi connectivity index (χ1) is 15.0. The van der Waals surface area contributed by atoms with E-state index in [2.05, 4.69) is 15.3 Å². The molecule has 1 atom stereocenters. The lowest BCUT2D eigenvalue weighted by molar-refractivity contribution is -0.123. The van der Waals surface area contributed by atoms with Gasteiger partial charge in [0.1, 0.15) is 10.9 Å². The first kappa shape index (κ1) is 23.6. The third-order valence-corrected chi connectivity index (χ3v) is 5.89. The van der Waals surface area contributed by atoms with E-state index in [4.69, 9.17) is 0 Å². The summed E-state index contributed by atoms with van der Waals surface area (Å²) in [6.45, 7) is 13.4. The number of aromatic nitrogens is 2. The van der Waals surface area contributed by atoms with Crippen LogP contribution in [-0.2, 0) is 4.79 Å². The lowest BCUT2D eigenvalue weighted by Crippen LogP contribution is -2.49. The van der Waals surface area contributed by atoms with Gasteiger partial charge in [0.2, 0.25) is 5.91 Å². The number of pyridine rings is 1. The highest BCUT2D eigenvalue weighted by molar-refractivity contribution is 7.13. The topological polar surface area (TPSA) is 75.2 Å². The Kier molecular flexibility index (Phi) is 6.79. The Morgan fingerprint density at radius 2 is 1.59 bits per heavy atom. The maximum Gasteiger partial charge on any atom is 0.271 e. The van der Waals surface area contributed by atoms with Crippen molar-refractivity contribution in [2.24, 2.45) is 0 Å². The van der Waals surface area contributed by atoms with Gasteiger partial charge in [-0.15, -0.1) is 11.3 Å². The lowest BCUT2D eigenvalue weighted by atomic mass is 10.0. The Hall–Kier alpha value is -3.06. The van der Waals surface area contributed by atoms with Gasteiger partial charge in [-0.3, -0.25) is 19.5 Å². The number of benzene rings is 1. The number of nitrogens with one attached hydrogen (secondary N) is 1. The van der Waals surface area contributed by atoms with Crippen LogP contribution in [0.1, 0.15) is 63.9 Å². The van der Waals surface area contributed by atoms with Crippen LogP contribution >= 0.6 is 11.3 Å². The fourth-order valence-electron chi connectivity index (χ4n) is 3.71. The van der Waals surface area contributed by atoms with Crippen molar-refractivity contribution in [2.75, 3.05) is 4.90 Å². The first-order valence-corrected chi connectivity index (χ1v) is 11.4. The zero-order chi connectivity index (χ0) is 23.6. The van der Waals surface area contributed by atoms with Crippen LogP contribution in [-0.4, -0.2) is 27.3 Å². The minimum atomic E-state index is -0.868. The van der Waals surface area contributed by atoms with Crippen molar-refractivity contribution in [3.05, 3.63) is 75.0 Å². The first-order valence-electron chi connectivity index (χ1n) is 10.5. The Bertz CT molecular complexity index is 1110. The largest absolute Gasteiger partial charge is 0.349 e. The van der Waals surface area contributed by atoms with Crippen LogP contribution in [0.25, 0.3) is 0 Å². The molecule has 1 aromatic carbocycles. The number of rotatable bonds is 5. The van der Waals surface area contributed by atoms with Crippen molar-refractivity contribution < 1.29 is 9.59 Å². The molecule has 2 heterocycles. The molecule has 0 saturated heterocycles. The quantitative estimate of drug-likeness (QED) is 0.589. The second kappa shape index (κ2) is 9.20. The van der Waals surface area contributed by atoms with Crippen LogP contribution in [0.4, 0.5) is 5.69 Å². The summed E-state index contributed by atoms with van der Waals surface area (Å²) in [6, 6.07) is 8.61. The van der Waals surface area contributed by atoms with Gasteiger partial charge in [0.15, 0.2) is 0 Å². The molecule has 0 spiro atoms. The van der Waals surface area contributed by atoms with Crippen LogP contribution in [0.2, 0.25) is 0 Å². The fourth-order valence-corrected chi connectivity index (χ4v) is 4.57. The van der Waals surface area contributed by atoms with Gasteiger partial charge in [-0.2, -0.15) is 0 Å². The van der Waals surface area contributed by atoms with Crippen LogP contribution in [0, 0.1) is 27.7 Å². The number of carbonyl (C=O) groups is 2. The summed E-state index contributed by atoms with van der Waals surface area (Å²) in [5, 5.41) is 3.87. The summed E-state index contributed by atoms with van der Waals surface area (Å²) < 4.78 is 0. The van der Waals surface area contributed by atoms with Crippen LogP contribution < -0.4 is 10.2 Å². The van der Waals surface area contributed by atoms with Gasteiger partial charge >= 0.3 is 0 Å². The molecule has 2 aromatic heterocycles. The monoisotopic (exact) mass is 450 g/mol. The average Bonchev–Trinajstić information content (AvgIpc) is 3.02. The van der Waals surface area contributed by atoms with Gasteiger partial charge in [0, 0.05) is 23.6 Å². The van der Waals surface area contributed by atoms with Crippen molar-refractivity contribution in [1.82, 2.24) is 15.3 Å². The standard InChI is InChI=1S/C25H30N4O2S/c1-15-12-16(2)14-20(13-15)29(24(31)22-17(3)27-18(4)32-22)21(19-8-10-26-11-9-19)23(30)28-25(5,6)7/h8-14,21H,1-7H3,(H,28,30)/t21-/m1/s1. The molecule has 6 nitrogen and oxygen atoms in total. The second-order valence-corrected chi connectivity index (χ2v) is 10.3. The number of hydrogen-bond donors (Lipinski definition) is 1. The van der Waals surface area contributed by atoms with E-state index < -0.39 is 11.6 Å². The highest BCUT2D eigenvalue weighted by atomic mass is 32.1. The molecule has 3 aromatic rings. The molecule has 168 valence electrons. The van der Waals surface area contributed by atoms with Gasteiger partial charge in [0.05, 0.1) is 10.7 Å². The molecular formula is C25H30N4O2S. The normalized spacial score (nSPS) is 12.3. The molecule has 0 aliphatic rings. The van der Waals surface area contributed by atoms with Gasteiger partial charge in [0.25, 0.3) is 5.91 Å². The van der Waals surface area contributed by atoms with E-state index in [0.717, 1.165) is 16.1 Å². The maximum absolute atomic E-state index is 14.0. The Labute approximate surface area is 193 Å². The summed E-state index contributed by atoms with van der Waals surface area (Å²) in [5.41, 5.74) is 3.59.